The minimum absolute atomic E-state index is 0.0420. The van der Waals surface area contributed by atoms with Gasteiger partial charge in [-0.3, -0.25) is 14.5 Å². The molecule has 2 amide bonds. The monoisotopic (exact) mass is 488 g/mol. The molecule has 8 heteroatoms. The first kappa shape index (κ1) is 23.2. The molecule has 1 aliphatic rings. The number of halogens is 1. The van der Waals surface area contributed by atoms with E-state index < -0.39 is 0 Å². The number of hydrogen-bond acceptors (Lipinski definition) is 5. The van der Waals surface area contributed by atoms with Crippen molar-refractivity contribution >= 4 is 27.7 Å². The zero-order valence-corrected chi connectivity index (χ0v) is 19.7. The summed E-state index contributed by atoms with van der Waals surface area (Å²) in [5.74, 6) is 1.23. The van der Waals surface area contributed by atoms with Crippen LogP contribution >= 0.6 is 15.9 Å². The Hall–Kier alpha value is -2.45. The second-order valence-electron chi connectivity index (χ2n) is 7.43. The van der Waals surface area contributed by atoms with Gasteiger partial charge in [0.15, 0.2) is 0 Å². The van der Waals surface area contributed by atoms with Crippen molar-refractivity contribution in [3.8, 4) is 11.6 Å². The van der Waals surface area contributed by atoms with Crippen molar-refractivity contribution in [3.63, 3.8) is 0 Å². The number of amides is 2. The minimum atomic E-state index is -0.0420. The Labute approximate surface area is 192 Å². The topological polar surface area (TPSA) is 66.0 Å². The van der Waals surface area contributed by atoms with Crippen molar-refractivity contribution in [1.82, 2.24) is 19.7 Å². The van der Waals surface area contributed by atoms with E-state index in [4.69, 9.17) is 4.74 Å². The van der Waals surface area contributed by atoms with E-state index in [0.717, 1.165) is 30.5 Å². The zero-order chi connectivity index (χ0) is 22.2. The molecule has 0 spiro atoms. The molecule has 1 fully saturated rings. The molecule has 1 saturated heterocycles. The van der Waals surface area contributed by atoms with Gasteiger partial charge >= 0.3 is 0 Å². The van der Waals surface area contributed by atoms with Gasteiger partial charge in [-0.25, -0.2) is 4.98 Å². The van der Waals surface area contributed by atoms with Crippen molar-refractivity contribution in [2.45, 2.75) is 20.3 Å². The van der Waals surface area contributed by atoms with Crippen molar-refractivity contribution < 1.29 is 14.3 Å². The van der Waals surface area contributed by atoms with Crippen LogP contribution in [0.4, 0.5) is 0 Å². The smallest absolute Gasteiger partial charge is 0.255 e. The molecule has 0 radical (unpaired) electrons. The fourth-order valence-corrected chi connectivity index (χ4v) is 3.84. The largest absolute Gasteiger partial charge is 0.439 e. The average molecular weight is 489 g/mol. The molecule has 1 aromatic carbocycles. The zero-order valence-electron chi connectivity index (χ0n) is 18.1. The Morgan fingerprint density at radius 2 is 1.77 bits per heavy atom. The maximum absolute atomic E-state index is 12.9. The van der Waals surface area contributed by atoms with Crippen molar-refractivity contribution in [3.05, 3.63) is 52.6 Å². The maximum atomic E-state index is 12.9. The molecule has 0 N–H and O–H groups in total. The van der Waals surface area contributed by atoms with Crippen LogP contribution in [0.1, 0.15) is 30.6 Å². The van der Waals surface area contributed by atoms with Crippen LogP contribution < -0.4 is 4.74 Å². The predicted octanol–water partition coefficient (Wildman–Crippen LogP) is 3.65. The first-order valence-electron chi connectivity index (χ1n) is 10.7. The molecule has 2 heterocycles. The SMILES string of the molecule is CCN(CC)C(=O)CN1CCCN(C(=O)c2ccc(Oc3ccc(Br)cc3)nc2)CC1. The van der Waals surface area contributed by atoms with Gasteiger partial charge in [0.2, 0.25) is 11.8 Å². The van der Waals surface area contributed by atoms with E-state index in [0.29, 0.717) is 43.4 Å². The Morgan fingerprint density at radius 3 is 2.42 bits per heavy atom. The molecule has 166 valence electrons. The van der Waals surface area contributed by atoms with Crippen molar-refractivity contribution in [2.75, 3.05) is 45.8 Å². The molecule has 1 aliphatic heterocycles. The van der Waals surface area contributed by atoms with Gasteiger partial charge in [-0.15, -0.1) is 0 Å². The quantitative estimate of drug-likeness (QED) is 0.594. The third-order valence-corrected chi connectivity index (χ3v) is 5.90. The maximum Gasteiger partial charge on any atom is 0.255 e. The van der Waals surface area contributed by atoms with E-state index in [2.05, 4.69) is 25.8 Å². The van der Waals surface area contributed by atoms with Crippen LogP contribution in [0.25, 0.3) is 0 Å². The lowest BCUT2D eigenvalue weighted by Crippen LogP contribution is -2.42. The summed E-state index contributed by atoms with van der Waals surface area (Å²) in [5.41, 5.74) is 0.538. The number of likely N-dealkylation sites (N-methyl/N-ethyl adjacent to an activating group) is 1. The Balaban J connectivity index is 1.55. The van der Waals surface area contributed by atoms with Crippen LogP contribution in [0.2, 0.25) is 0 Å². The van der Waals surface area contributed by atoms with E-state index in [-0.39, 0.29) is 11.8 Å². The number of pyridine rings is 1. The molecule has 0 saturated carbocycles. The highest BCUT2D eigenvalue weighted by Gasteiger charge is 2.22. The fraction of sp³-hybridized carbons (Fsp3) is 0.435. The molecule has 0 bridgehead atoms. The summed E-state index contributed by atoms with van der Waals surface area (Å²) in [4.78, 5) is 35.4. The first-order valence-corrected chi connectivity index (χ1v) is 11.5. The number of ether oxygens (including phenoxy) is 1. The van der Waals surface area contributed by atoms with Crippen LogP contribution in [-0.2, 0) is 4.79 Å². The predicted molar refractivity (Wildman–Crippen MR) is 123 cm³/mol. The highest BCUT2D eigenvalue weighted by Crippen LogP contribution is 2.22. The Morgan fingerprint density at radius 1 is 1.03 bits per heavy atom. The lowest BCUT2D eigenvalue weighted by atomic mass is 10.2. The molecule has 0 atom stereocenters. The van der Waals surface area contributed by atoms with Gasteiger partial charge in [0.05, 0.1) is 12.1 Å². The Bertz CT molecular complexity index is 869. The summed E-state index contributed by atoms with van der Waals surface area (Å²) in [6.45, 7) is 8.62. The number of rotatable bonds is 7. The summed E-state index contributed by atoms with van der Waals surface area (Å²) >= 11 is 3.39. The van der Waals surface area contributed by atoms with E-state index >= 15 is 0 Å². The second kappa shape index (κ2) is 11.2. The second-order valence-corrected chi connectivity index (χ2v) is 8.34. The minimum Gasteiger partial charge on any atom is -0.439 e. The van der Waals surface area contributed by atoms with E-state index in [1.165, 1.54) is 0 Å². The normalized spacial score (nSPS) is 14.7. The molecular formula is C23H29BrN4O3. The number of carbonyl (C=O) groups excluding carboxylic acids is 2. The van der Waals surface area contributed by atoms with Crippen LogP contribution in [0.5, 0.6) is 11.6 Å². The van der Waals surface area contributed by atoms with Gasteiger partial charge in [-0.05, 0) is 50.6 Å². The lowest BCUT2D eigenvalue weighted by molar-refractivity contribution is -0.132. The molecular weight excluding hydrogens is 460 g/mol. The summed E-state index contributed by atoms with van der Waals surface area (Å²) in [6, 6.07) is 10.9. The first-order chi connectivity index (χ1) is 15.0. The van der Waals surface area contributed by atoms with Crippen molar-refractivity contribution in [2.24, 2.45) is 0 Å². The van der Waals surface area contributed by atoms with E-state index in [1.54, 1.807) is 18.3 Å². The van der Waals surface area contributed by atoms with E-state index in [9.17, 15) is 9.59 Å². The molecule has 0 unspecified atom stereocenters. The van der Waals surface area contributed by atoms with E-state index in [1.807, 2.05) is 47.9 Å². The number of aromatic nitrogens is 1. The molecule has 7 nitrogen and oxygen atoms in total. The van der Waals surface area contributed by atoms with Crippen molar-refractivity contribution in [1.29, 1.82) is 0 Å². The van der Waals surface area contributed by atoms with Crippen LogP contribution in [0, 0.1) is 0 Å². The summed E-state index contributed by atoms with van der Waals surface area (Å²) < 4.78 is 6.70. The summed E-state index contributed by atoms with van der Waals surface area (Å²) in [5, 5.41) is 0. The van der Waals surface area contributed by atoms with Gasteiger partial charge in [-0.2, -0.15) is 0 Å². The van der Waals surface area contributed by atoms with Gasteiger partial charge in [0.1, 0.15) is 5.75 Å². The molecule has 2 aromatic rings. The highest BCUT2D eigenvalue weighted by atomic mass is 79.9. The van der Waals surface area contributed by atoms with Gasteiger partial charge in [-0.1, -0.05) is 15.9 Å². The molecule has 0 aliphatic carbocycles. The van der Waals surface area contributed by atoms with Gasteiger partial charge in [0, 0.05) is 56.0 Å². The van der Waals surface area contributed by atoms with Crippen LogP contribution in [0.3, 0.4) is 0 Å². The number of carbonyl (C=O) groups is 2. The molecule has 3 rings (SSSR count). The number of benzene rings is 1. The third-order valence-electron chi connectivity index (χ3n) is 5.37. The number of hydrogen-bond donors (Lipinski definition) is 0. The highest BCUT2D eigenvalue weighted by molar-refractivity contribution is 9.10. The third kappa shape index (κ3) is 6.51. The fourth-order valence-electron chi connectivity index (χ4n) is 3.57. The van der Waals surface area contributed by atoms with Crippen LogP contribution in [-0.4, -0.2) is 77.3 Å². The molecule has 31 heavy (non-hydrogen) atoms. The average Bonchev–Trinajstić information content (AvgIpc) is 3.02. The Kier molecular flexibility index (Phi) is 8.43. The van der Waals surface area contributed by atoms with Crippen LogP contribution in [0.15, 0.2) is 47.1 Å². The summed E-state index contributed by atoms with van der Waals surface area (Å²) in [7, 11) is 0. The van der Waals surface area contributed by atoms with Gasteiger partial charge < -0.3 is 14.5 Å². The standard InChI is InChI=1S/C23H29BrN4O3/c1-3-27(4-2)22(29)17-26-12-5-13-28(15-14-26)23(30)18-6-11-21(25-16-18)31-20-9-7-19(24)8-10-20/h6-11,16H,3-5,12-15,17H2,1-2H3. The lowest BCUT2D eigenvalue weighted by Gasteiger charge is -2.25. The number of nitrogens with zero attached hydrogens (tertiary/aromatic N) is 4. The molecule has 1 aromatic heterocycles. The van der Waals surface area contributed by atoms with Gasteiger partial charge in [0.25, 0.3) is 5.91 Å². The summed E-state index contributed by atoms with van der Waals surface area (Å²) in [6.07, 6.45) is 2.40.